The van der Waals surface area contributed by atoms with Crippen LogP contribution in [0.3, 0.4) is 0 Å². The second-order valence-corrected chi connectivity index (χ2v) is 6.34. The number of hydrogen-bond donors (Lipinski definition) is 1. The Morgan fingerprint density at radius 1 is 1.09 bits per heavy atom. The van der Waals surface area contributed by atoms with Crippen molar-refractivity contribution in [1.82, 2.24) is 10.2 Å². The molecule has 23 heavy (non-hydrogen) atoms. The Morgan fingerprint density at radius 2 is 1.78 bits per heavy atom. The summed E-state index contributed by atoms with van der Waals surface area (Å²) in [5, 5.41) is 6.70. The van der Waals surface area contributed by atoms with Gasteiger partial charge in [-0.2, -0.15) is 11.3 Å². The summed E-state index contributed by atoms with van der Waals surface area (Å²) in [6.45, 7) is 1.26. The normalized spacial score (nSPS) is 15.4. The Hall–Kier alpha value is -2.21. The van der Waals surface area contributed by atoms with Crippen LogP contribution in [0.5, 0.6) is 0 Å². The van der Waals surface area contributed by atoms with Gasteiger partial charge in [0.2, 0.25) is 0 Å². The molecule has 0 aliphatic carbocycles. The molecule has 2 heterocycles. The lowest BCUT2D eigenvalue weighted by Gasteiger charge is -2.32. The van der Waals surface area contributed by atoms with Crippen molar-refractivity contribution in [3.63, 3.8) is 0 Å². The molecule has 2 aromatic rings. The zero-order valence-electron chi connectivity index (χ0n) is 12.5. The van der Waals surface area contributed by atoms with Crippen molar-refractivity contribution in [1.29, 1.82) is 0 Å². The van der Waals surface area contributed by atoms with Gasteiger partial charge in [0, 0.05) is 30.1 Å². The fourth-order valence-electron chi connectivity index (χ4n) is 2.67. The number of hydrogen-bond acceptors (Lipinski definition) is 3. The minimum atomic E-state index is -0.359. The standard InChI is InChI=1S/C17H17FN2O2S/c18-14-3-1-12(2-4-14)16(21)19-15-5-8-20(9-6-15)17(22)13-7-10-23-11-13/h1-4,7,10-11,15H,5-6,8-9H2,(H,19,21). The number of nitrogens with one attached hydrogen (secondary N) is 1. The number of rotatable bonds is 3. The molecule has 1 fully saturated rings. The number of nitrogens with zero attached hydrogens (tertiary/aromatic N) is 1. The summed E-state index contributed by atoms with van der Waals surface area (Å²) in [6.07, 6.45) is 1.45. The monoisotopic (exact) mass is 332 g/mol. The van der Waals surface area contributed by atoms with Crippen molar-refractivity contribution >= 4 is 23.2 Å². The SMILES string of the molecule is O=C(NC1CCN(C(=O)c2ccsc2)CC1)c1ccc(F)cc1. The predicted molar refractivity (Wildman–Crippen MR) is 87.1 cm³/mol. The second kappa shape index (κ2) is 6.91. The molecule has 120 valence electrons. The van der Waals surface area contributed by atoms with E-state index in [2.05, 4.69) is 5.32 Å². The lowest BCUT2D eigenvalue weighted by molar-refractivity contribution is 0.0698. The van der Waals surface area contributed by atoms with E-state index in [1.165, 1.54) is 35.6 Å². The van der Waals surface area contributed by atoms with Crippen LogP contribution in [-0.2, 0) is 0 Å². The molecule has 0 spiro atoms. The number of likely N-dealkylation sites (tertiary alicyclic amines) is 1. The maximum absolute atomic E-state index is 12.9. The zero-order valence-corrected chi connectivity index (χ0v) is 13.3. The molecule has 0 radical (unpaired) electrons. The van der Waals surface area contributed by atoms with Gasteiger partial charge in [-0.05, 0) is 48.6 Å². The quantitative estimate of drug-likeness (QED) is 0.939. The van der Waals surface area contributed by atoms with Gasteiger partial charge in [-0.25, -0.2) is 4.39 Å². The molecule has 2 amide bonds. The van der Waals surface area contributed by atoms with Gasteiger partial charge in [-0.3, -0.25) is 9.59 Å². The number of amides is 2. The molecule has 1 aliphatic heterocycles. The molecule has 6 heteroatoms. The van der Waals surface area contributed by atoms with E-state index in [1.54, 1.807) is 0 Å². The summed E-state index contributed by atoms with van der Waals surface area (Å²) in [5.74, 6) is -0.510. The van der Waals surface area contributed by atoms with Gasteiger partial charge in [0.25, 0.3) is 11.8 Å². The van der Waals surface area contributed by atoms with Crippen molar-refractivity contribution in [2.24, 2.45) is 0 Å². The van der Waals surface area contributed by atoms with Crippen LogP contribution in [-0.4, -0.2) is 35.8 Å². The van der Waals surface area contributed by atoms with Crippen LogP contribution >= 0.6 is 11.3 Å². The van der Waals surface area contributed by atoms with Gasteiger partial charge < -0.3 is 10.2 Å². The van der Waals surface area contributed by atoms with E-state index in [0.717, 1.165) is 18.4 Å². The highest BCUT2D eigenvalue weighted by Crippen LogP contribution is 2.16. The molecule has 1 aromatic carbocycles. The van der Waals surface area contributed by atoms with Gasteiger partial charge in [0.1, 0.15) is 5.82 Å². The summed E-state index contributed by atoms with van der Waals surface area (Å²) in [6, 6.07) is 7.36. The van der Waals surface area contributed by atoms with E-state index in [4.69, 9.17) is 0 Å². The molecular formula is C17H17FN2O2S. The van der Waals surface area contributed by atoms with Crippen LogP contribution in [0.2, 0.25) is 0 Å². The van der Waals surface area contributed by atoms with E-state index >= 15 is 0 Å². The molecule has 3 rings (SSSR count). The topological polar surface area (TPSA) is 49.4 Å². The zero-order chi connectivity index (χ0) is 16.2. The van der Waals surface area contributed by atoms with E-state index < -0.39 is 0 Å². The summed E-state index contributed by atoms with van der Waals surface area (Å²) in [4.78, 5) is 26.2. The smallest absolute Gasteiger partial charge is 0.254 e. The van der Waals surface area contributed by atoms with Crippen molar-refractivity contribution in [3.8, 4) is 0 Å². The minimum Gasteiger partial charge on any atom is -0.349 e. The molecule has 1 N–H and O–H groups in total. The summed E-state index contributed by atoms with van der Waals surface area (Å²) >= 11 is 1.51. The van der Waals surface area contributed by atoms with Crippen LogP contribution in [0, 0.1) is 5.82 Å². The average Bonchev–Trinajstić information content (AvgIpc) is 3.10. The number of benzene rings is 1. The van der Waals surface area contributed by atoms with Gasteiger partial charge in [-0.1, -0.05) is 0 Å². The van der Waals surface area contributed by atoms with Gasteiger partial charge in [-0.15, -0.1) is 0 Å². The number of halogens is 1. The van der Waals surface area contributed by atoms with Crippen LogP contribution in [0.4, 0.5) is 4.39 Å². The number of carbonyl (C=O) groups is 2. The largest absolute Gasteiger partial charge is 0.349 e. The van der Waals surface area contributed by atoms with Crippen LogP contribution in [0.25, 0.3) is 0 Å². The summed E-state index contributed by atoms with van der Waals surface area (Å²) in [5.41, 5.74) is 1.17. The maximum atomic E-state index is 12.9. The number of piperidine rings is 1. The molecule has 1 saturated heterocycles. The fourth-order valence-corrected chi connectivity index (χ4v) is 3.30. The highest BCUT2D eigenvalue weighted by atomic mass is 32.1. The van der Waals surface area contributed by atoms with Crippen LogP contribution < -0.4 is 5.32 Å². The molecule has 4 nitrogen and oxygen atoms in total. The Labute approximate surface area is 137 Å². The summed E-state index contributed by atoms with van der Waals surface area (Å²) in [7, 11) is 0. The molecule has 0 atom stereocenters. The minimum absolute atomic E-state index is 0.0408. The predicted octanol–water partition coefficient (Wildman–Crippen LogP) is 2.92. The molecular weight excluding hydrogens is 315 g/mol. The van der Waals surface area contributed by atoms with Crippen LogP contribution in [0.1, 0.15) is 33.6 Å². The first-order chi connectivity index (χ1) is 11.1. The second-order valence-electron chi connectivity index (χ2n) is 5.56. The maximum Gasteiger partial charge on any atom is 0.254 e. The Balaban J connectivity index is 1.52. The lowest BCUT2D eigenvalue weighted by atomic mass is 10.0. The number of thiophene rings is 1. The van der Waals surface area contributed by atoms with E-state index in [-0.39, 0.29) is 23.7 Å². The third kappa shape index (κ3) is 3.76. The first-order valence-electron chi connectivity index (χ1n) is 7.51. The highest BCUT2D eigenvalue weighted by molar-refractivity contribution is 7.08. The third-order valence-corrected chi connectivity index (χ3v) is 4.68. The van der Waals surface area contributed by atoms with Crippen molar-refractivity contribution in [3.05, 3.63) is 58.0 Å². The van der Waals surface area contributed by atoms with Gasteiger partial charge >= 0.3 is 0 Å². The number of carbonyl (C=O) groups excluding carboxylic acids is 2. The average molecular weight is 332 g/mol. The molecule has 0 unspecified atom stereocenters. The Morgan fingerprint density at radius 3 is 2.39 bits per heavy atom. The van der Waals surface area contributed by atoms with Crippen molar-refractivity contribution < 1.29 is 14.0 Å². The van der Waals surface area contributed by atoms with Gasteiger partial charge in [0.15, 0.2) is 0 Å². The molecule has 0 saturated carbocycles. The van der Waals surface area contributed by atoms with Crippen LogP contribution in [0.15, 0.2) is 41.1 Å². The first-order valence-corrected chi connectivity index (χ1v) is 8.45. The van der Waals surface area contributed by atoms with E-state index in [1.807, 2.05) is 21.7 Å². The Bertz CT molecular complexity index is 677. The van der Waals surface area contributed by atoms with Crippen molar-refractivity contribution in [2.75, 3.05) is 13.1 Å². The fraction of sp³-hybridized carbons (Fsp3) is 0.294. The first kappa shape index (κ1) is 15.7. The lowest BCUT2D eigenvalue weighted by Crippen LogP contribution is -2.46. The highest BCUT2D eigenvalue weighted by Gasteiger charge is 2.25. The Kier molecular flexibility index (Phi) is 4.71. The third-order valence-electron chi connectivity index (χ3n) is 3.99. The molecule has 0 bridgehead atoms. The van der Waals surface area contributed by atoms with E-state index in [9.17, 15) is 14.0 Å². The van der Waals surface area contributed by atoms with Crippen molar-refractivity contribution in [2.45, 2.75) is 18.9 Å². The summed E-state index contributed by atoms with van der Waals surface area (Å²) < 4.78 is 12.9. The van der Waals surface area contributed by atoms with E-state index in [0.29, 0.717) is 18.7 Å². The van der Waals surface area contributed by atoms with Gasteiger partial charge in [0.05, 0.1) is 5.56 Å². The molecule has 1 aliphatic rings. The molecule has 1 aromatic heterocycles.